The first-order valence-corrected chi connectivity index (χ1v) is 8.22. The molecular formula is C17H30N2O. The van der Waals surface area contributed by atoms with Crippen molar-refractivity contribution in [3.63, 3.8) is 0 Å². The fourth-order valence-corrected chi connectivity index (χ4v) is 3.35. The topological polar surface area (TPSA) is 28.4 Å². The monoisotopic (exact) mass is 278 g/mol. The van der Waals surface area contributed by atoms with E-state index in [1.807, 2.05) is 6.07 Å². The zero-order valence-corrected chi connectivity index (χ0v) is 13.3. The molecule has 1 aromatic heterocycles. The largest absolute Gasteiger partial charge is 0.469 e. The average molecular weight is 278 g/mol. The van der Waals surface area contributed by atoms with Gasteiger partial charge in [0.2, 0.25) is 0 Å². The van der Waals surface area contributed by atoms with Crippen molar-refractivity contribution in [1.82, 2.24) is 10.2 Å². The first-order valence-electron chi connectivity index (χ1n) is 8.22. The molecule has 0 aliphatic carbocycles. The number of nitrogens with one attached hydrogen (secondary N) is 1. The Morgan fingerprint density at radius 2 is 2.35 bits per heavy atom. The van der Waals surface area contributed by atoms with Gasteiger partial charge in [-0.3, -0.25) is 4.90 Å². The summed E-state index contributed by atoms with van der Waals surface area (Å²) in [6, 6.07) is 6.11. The first kappa shape index (κ1) is 15.6. The number of hydrogen-bond donors (Lipinski definition) is 1. The van der Waals surface area contributed by atoms with Crippen molar-refractivity contribution in [2.24, 2.45) is 0 Å². The van der Waals surface area contributed by atoms with Crippen molar-refractivity contribution in [2.75, 3.05) is 13.1 Å². The van der Waals surface area contributed by atoms with Crippen LogP contribution in [0.15, 0.2) is 22.8 Å². The molecule has 2 rings (SSSR count). The molecule has 3 heteroatoms. The summed E-state index contributed by atoms with van der Waals surface area (Å²) < 4.78 is 5.43. The Kier molecular flexibility index (Phi) is 6.11. The third-order valence-corrected chi connectivity index (χ3v) is 4.57. The van der Waals surface area contributed by atoms with E-state index in [-0.39, 0.29) is 0 Å². The van der Waals surface area contributed by atoms with Crippen LogP contribution in [0.25, 0.3) is 0 Å². The Hall–Kier alpha value is -0.800. The highest BCUT2D eigenvalue weighted by Crippen LogP contribution is 2.22. The predicted molar refractivity (Wildman–Crippen MR) is 84.0 cm³/mol. The van der Waals surface area contributed by atoms with E-state index in [2.05, 4.69) is 37.1 Å². The second kappa shape index (κ2) is 7.84. The maximum Gasteiger partial charge on any atom is 0.103 e. The van der Waals surface area contributed by atoms with Gasteiger partial charge < -0.3 is 9.73 Å². The molecule has 0 saturated carbocycles. The normalized spacial score (nSPS) is 25.8. The summed E-state index contributed by atoms with van der Waals surface area (Å²) in [7, 11) is 0. The molecule has 0 radical (unpaired) electrons. The summed E-state index contributed by atoms with van der Waals surface area (Å²) in [5, 5.41) is 3.67. The van der Waals surface area contributed by atoms with Crippen molar-refractivity contribution in [3.05, 3.63) is 24.2 Å². The van der Waals surface area contributed by atoms with Crippen LogP contribution < -0.4 is 5.32 Å². The van der Waals surface area contributed by atoms with Crippen LogP contribution in [0.1, 0.15) is 52.2 Å². The van der Waals surface area contributed by atoms with E-state index in [0.29, 0.717) is 12.1 Å². The molecule has 1 aliphatic rings. The molecule has 20 heavy (non-hydrogen) atoms. The van der Waals surface area contributed by atoms with E-state index in [0.717, 1.165) is 24.8 Å². The maximum absolute atomic E-state index is 5.43. The van der Waals surface area contributed by atoms with E-state index in [4.69, 9.17) is 4.42 Å². The van der Waals surface area contributed by atoms with Crippen molar-refractivity contribution in [2.45, 2.75) is 71.0 Å². The standard InChI is InChI=1S/C17H30N2O/c1-4-10-18-16-9-11-19(15(3)13-16)14(2)7-8-17-6-5-12-20-17/h5-6,12,14-16,18H,4,7-11,13H2,1-3H3. The van der Waals surface area contributed by atoms with E-state index in [1.54, 1.807) is 6.26 Å². The summed E-state index contributed by atoms with van der Waals surface area (Å²) in [4.78, 5) is 2.67. The van der Waals surface area contributed by atoms with Gasteiger partial charge in [0.1, 0.15) is 5.76 Å². The van der Waals surface area contributed by atoms with Crippen LogP contribution in [-0.2, 0) is 6.42 Å². The van der Waals surface area contributed by atoms with E-state index >= 15 is 0 Å². The summed E-state index contributed by atoms with van der Waals surface area (Å²) in [5.41, 5.74) is 0. The highest BCUT2D eigenvalue weighted by Gasteiger charge is 2.27. The summed E-state index contributed by atoms with van der Waals surface area (Å²) >= 11 is 0. The molecule has 114 valence electrons. The van der Waals surface area contributed by atoms with E-state index in [1.165, 1.54) is 32.2 Å². The van der Waals surface area contributed by atoms with E-state index in [9.17, 15) is 0 Å². The molecule has 3 atom stereocenters. The maximum atomic E-state index is 5.43. The lowest BCUT2D eigenvalue weighted by Crippen LogP contribution is -2.50. The van der Waals surface area contributed by atoms with E-state index < -0.39 is 0 Å². The molecule has 2 heterocycles. The zero-order chi connectivity index (χ0) is 14.4. The number of piperidine rings is 1. The lowest BCUT2D eigenvalue weighted by molar-refractivity contribution is 0.0908. The lowest BCUT2D eigenvalue weighted by Gasteiger charge is -2.41. The third kappa shape index (κ3) is 4.35. The number of aryl methyl sites for hydroxylation is 1. The van der Waals surface area contributed by atoms with Gasteiger partial charge in [-0.1, -0.05) is 6.92 Å². The van der Waals surface area contributed by atoms with Crippen LogP contribution in [0.3, 0.4) is 0 Å². The number of hydrogen-bond acceptors (Lipinski definition) is 3. The number of likely N-dealkylation sites (tertiary alicyclic amines) is 1. The highest BCUT2D eigenvalue weighted by atomic mass is 16.3. The molecule has 0 aromatic carbocycles. The molecule has 3 nitrogen and oxygen atoms in total. The van der Waals surface area contributed by atoms with Gasteiger partial charge in [-0.25, -0.2) is 0 Å². The lowest BCUT2D eigenvalue weighted by atomic mass is 9.95. The van der Waals surface area contributed by atoms with Gasteiger partial charge in [-0.15, -0.1) is 0 Å². The van der Waals surface area contributed by atoms with Gasteiger partial charge in [0, 0.05) is 31.1 Å². The van der Waals surface area contributed by atoms with Crippen LogP contribution in [0.4, 0.5) is 0 Å². The zero-order valence-electron chi connectivity index (χ0n) is 13.3. The minimum Gasteiger partial charge on any atom is -0.469 e. The van der Waals surface area contributed by atoms with Crippen LogP contribution in [0.5, 0.6) is 0 Å². The van der Waals surface area contributed by atoms with Crippen molar-refractivity contribution >= 4 is 0 Å². The molecule has 1 aliphatic heterocycles. The Labute approximate surface area is 123 Å². The number of furan rings is 1. The number of rotatable bonds is 7. The van der Waals surface area contributed by atoms with Gasteiger partial charge in [0.25, 0.3) is 0 Å². The summed E-state index contributed by atoms with van der Waals surface area (Å²) in [6.07, 6.45) is 7.81. The summed E-state index contributed by atoms with van der Waals surface area (Å²) in [5.74, 6) is 1.11. The highest BCUT2D eigenvalue weighted by molar-refractivity contribution is 4.98. The molecule has 1 aromatic rings. The van der Waals surface area contributed by atoms with Gasteiger partial charge >= 0.3 is 0 Å². The Balaban J connectivity index is 1.75. The fourth-order valence-electron chi connectivity index (χ4n) is 3.35. The quantitative estimate of drug-likeness (QED) is 0.828. The predicted octanol–water partition coefficient (Wildman–Crippen LogP) is 3.45. The fraction of sp³-hybridized carbons (Fsp3) is 0.765. The Morgan fingerprint density at radius 3 is 3.00 bits per heavy atom. The van der Waals surface area contributed by atoms with Crippen molar-refractivity contribution < 1.29 is 4.42 Å². The second-order valence-corrected chi connectivity index (χ2v) is 6.23. The molecule has 0 bridgehead atoms. The van der Waals surface area contributed by atoms with Crippen LogP contribution in [-0.4, -0.2) is 36.1 Å². The van der Waals surface area contributed by atoms with Gasteiger partial charge in [0.05, 0.1) is 6.26 Å². The Bertz CT molecular complexity index is 363. The molecule has 3 unspecified atom stereocenters. The average Bonchev–Trinajstić information content (AvgIpc) is 2.96. The van der Waals surface area contributed by atoms with Crippen molar-refractivity contribution in [1.29, 1.82) is 0 Å². The smallest absolute Gasteiger partial charge is 0.103 e. The van der Waals surface area contributed by atoms with Crippen LogP contribution >= 0.6 is 0 Å². The first-order chi connectivity index (χ1) is 9.70. The SMILES string of the molecule is CCCNC1CCN(C(C)CCc2ccco2)C(C)C1. The second-order valence-electron chi connectivity index (χ2n) is 6.23. The molecule has 1 N–H and O–H groups in total. The minimum atomic E-state index is 0.641. The molecular weight excluding hydrogens is 248 g/mol. The van der Waals surface area contributed by atoms with Gasteiger partial charge in [0.15, 0.2) is 0 Å². The number of nitrogens with zero attached hydrogens (tertiary/aromatic N) is 1. The minimum absolute atomic E-state index is 0.641. The third-order valence-electron chi connectivity index (χ3n) is 4.57. The Morgan fingerprint density at radius 1 is 1.50 bits per heavy atom. The molecule has 0 spiro atoms. The summed E-state index contributed by atoms with van der Waals surface area (Å²) in [6.45, 7) is 9.36. The molecule has 1 saturated heterocycles. The van der Waals surface area contributed by atoms with Crippen molar-refractivity contribution in [3.8, 4) is 0 Å². The van der Waals surface area contributed by atoms with Gasteiger partial charge in [-0.05, 0) is 58.2 Å². The van der Waals surface area contributed by atoms with Gasteiger partial charge in [-0.2, -0.15) is 0 Å². The van der Waals surface area contributed by atoms with Crippen LogP contribution in [0, 0.1) is 0 Å². The molecule has 0 amide bonds. The van der Waals surface area contributed by atoms with Crippen LogP contribution in [0.2, 0.25) is 0 Å². The molecule has 1 fully saturated rings.